The number of hydrogen-bond acceptors (Lipinski definition) is 3. The first-order valence-electron chi connectivity index (χ1n) is 5.69. The molecule has 0 aliphatic rings. The molecule has 3 heteroatoms. The number of benzene rings is 2. The molecule has 2 aromatic rings. The Labute approximate surface area is 101 Å². The second-order valence-electron chi connectivity index (χ2n) is 3.82. The highest BCUT2D eigenvalue weighted by molar-refractivity contribution is 5.95. The van der Waals surface area contributed by atoms with E-state index in [1.54, 1.807) is 13.2 Å². The van der Waals surface area contributed by atoms with E-state index in [0.29, 0.717) is 18.1 Å². The number of methoxy groups -OCH3 is 1. The van der Waals surface area contributed by atoms with Crippen molar-refractivity contribution < 1.29 is 14.6 Å². The van der Waals surface area contributed by atoms with Crippen molar-refractivity contribution in [2.75, 3.05) is 13.7 Å². The Bertz CT molecular complexity index is 520. The van der Waals surface area contributed by atoms with Crippen molar-refractivity contribution >= 4 is 10.8 Å². The Morgan fingerprint density at radius 3 is 2.53 bits per heavy atom. The molecular formula is C14H16O3. The number of phenols is 1. The van der Waals surface area contributed by atoms with Gasteiger partial charge in [0, 0.05) is 16.8 Å². The van der Waals surface area contributed by atoms with Gasteiger partial charge in [0.15, 0.2) is 11.5 Å². The fourth-order valence-corrected chi connectivity index (χ4v) is 1.81. The molecule has 2 aromatic carbocycles. The minimum absolute atomic E-state index is 0.210. The third kappa shape index (κ3) is 2.13. The summed E-state index contributed by atoms with van der Waals surface area (Å²) in [6.07, 6.45) is 0.929. The summed E-state index contributed by atoms with van der Waals surface area (Å²) >= 11 is 0. The van der Waals surface area contributed by atoms with Gasteiger partial charge < -0.3 is 14.6 Å². The van der Waals surface area contributed by atoms with Crippen LogP contribution in [0.1, 0.15) is 13.3 Å². The molecule has 0 aliphatic carbocycles. The van der Waals surface area contributed by atoms with Gasteiger partial charge in [0.1, 0.15) is 5.75 Å². The first-order chi connectivity index (χ1) is 8.27. The molecule has 0 heterocycles. The van der Waals surface area contributed by atoms with Crippen LogP contribution in [0.5, 0.6) is 17.2 Å². The van der Waals surface area contributed by atoms with Crippen LogP contribution in [0, 0.1) is 0 Å². The Morgan fingerprint density at radius 1 is 1.18 bits per heavy atom. The molecule has 0 amide bonds. The van der Waals surface area contributed by atoms with Crippen molar-refractivity contribution in [3.63, 3.8) is 0 Å². The fourth-order valence-electron chi connectivity index (χ4n) is 1.81. The topological polar surface area (TPSA) is 38.7 Å². The van der Waals surface area contributed by atoms with Crippen LogP contribution in [-0.4, -0.2) is 18.8 Å². The van der Waals surface area contributed by atoms with Crippen molar-refractivity contribution in [1.29, 1.82) is 0 Å². The highest BCUT2D eigenvalue weighted by atomic mass is 16.5. The standard InChI is InChI=1S/C14H16O3/c1-3-8-17-14-11-7-5-4-6-10(11)12(15)9-13(14)16-2/h4-7,9,15H,3,8H2,1-2H3. The Morgan fingerprint density at radius 2 is 1.88 bits per heavy atom. The van der Waals surface area contributed by atoms with Gasteiger partial charge in [-0.3, -0.25) is 0 Å². The lowest BCUT2D eigenvalue weighted by atomic mass is 10.1. The minimum atomic E-state index is 0.210. The molecule has 0 fully saturated rings. The van der Waals surface area contributed by atoms with Gasteiger partial charge in [-0.05, 0) is 6.42 Å². The molecule has 0 aliphatic heterocycles. The molecule has 0 spiro atoms. The average Bonchev–Trinajstić information content (AvgIpc) is 2.37. The summed E-state index contributed by atoms with van der Waals surface area (Å²) in [6, 6.07) is 9.18. The van der Waals surface area contributed by atoms with Crippen molar-refractivity contribution in [1.82, 2.24) is 0 Å². The van der Waals surface area contributed by atoms with E-state index < -0.39 is 0 Å². The SMILES string of the molecule is CCCOc1c(OC)cc(O)c2ccccc12. The van der Waals surface area contributed by atoms with Gasteiger partial charge >= 0.3 is 0 Å². The summed E-state index contributed by atoms with van der Waals surface area (Å²) in [5, 5.41) is 11.5. The van der Waals surface area contributed by atoms with E-state index in [0.717, 1.165) is 17.2 Å². The van der Waals surface area contributed by atoms with Crippen LogP contribution in [0.3, 0.4) is 0 Å². The van der Waals surface area contributed by atoms with Crippen LogP contribution >= 0.6 is 0 Å². The van der Waals surface area contributed by atoms with Crippen molar-refractivity contribution in [3.05, 3.63) is 30.3 Å². The second-order valence-corrected chi connectivity index (χ2v) is 3.82. The summed E-state index contributed by atoms with van der Waals surface area (Å²) in [5.41, 5.74) is 0. The first-order valence-corrected chi connectivity index (χ1v) is 5.69. The number of phenolic OH excluding ortho intramolecular Hbond substituents is 1. The Kier molecular flexibility index (Phi) is 3.38. The van der Waals surface area contributed by atoms with Crippen LogP contribution in [0.25, 0.3) is 10.8 Å². The van der Waals surface area contributed by atoms with E-state index in [4.69, 9.17) is 9.47 Å². The van der Waals surface area contributed by atoms with Gasteiger partial charge in [0.05, 0.1) is 13.7 Å². The van der Waals surface area contributed by atoms with E-state index in [1.807, 2.05) is 24.3 Å². The second kappa shape index (κ2) is 4.95. The molecule has 0 saturated heterocycles. The number of hydrogen-bond donors (Lipinski definition) is 1. The lowest BCUT2D eigenvalue weighted by Gasteiger charge is -2.14. The first kappa shape index (κ1) is 11.6. The molecule has 0 bridgehead atoms. The van der Waals surface area contributed by atoms with E-state index >= 15 is 0 Å². The molecule has 0 unspecified atom stereocenters. The van der Waals surface area contributed by atoms with E-state index in [2.05, 4.69) is 6.92 Å². The van der Waals surface area contributed by atoms with Gasteiger partial charge in [-0.2, -0.15) is 0 Å². The Hall–Kier alpha value is -1.90. The predicted molar refractivity (Wildman–Crippen MR) is 68.0 cm³/mol. The summed E-state index contributed by atoms with van der Waals surface area (Å²) in [5.74, 6) is 1.47. The number of rotatable bonds is 4. The monoisotopic (exact) mass is 232 g/mol. The van der Waals surface area contributed by atoms with Crippen LogP contribution in [0.4, 0.5) is 0 Å². The highest BCUT2D eigenvalue weighted by Gasteiger charge is 2.12. The molecule has 1 N–H and O–H groups in total. The third-order valence-corrected chi connectivity index (χ3v) is 2.61. The highest BCUT2D eigenvalue weighted by Crippen LogP contribution is 2.40. The molecule has 2 rings (SSSR count). The molecule has 17 heavy (non-hydrogen) atoms. The smallest absolute Gasteiger partial charge is 0.169 e. The van der Waals surface area contributed by atoms with Gasteiger partial charge in [-0.15, -0.1) is 0 Å². The zero-order valence-corrected chi connectivity index (χ0v) is 10.1. The molecule has 0 aromatic heterocycles. The Balaban J connectivity index is 2.63. The van der Waals surface area contributed by atoms with Gasteiger partial charge in [-0.1, -0.05) is 31.2 Å². The van der Waals surface area contributed by atoms with Crippen LogP contribution in [0.15, 0.2) is 30.3 Å². The normalized spacial score (nSPS) is 10.5. The van der Waals surface area contributed by atoms with Crippen molar-refractivity contribution in [3.8, 4) is 17.2 Å². The zero-order valence-electron chi connectivity index (χ0n) is 10.1. The van der Waals surface area contributed by atoms with Crippen LogP contribution < -0.4 is 9.47 Å². The largest absolute Gasteiger partial charge is 0.507 e. The lowest BCUT2D eigenvalue weighted by molar-refractivity contribution is 0.297. The van der Waals surface area contributed by atoms with Crippen molar-refractivity contribution in [2.45, 2.75) is 13.3 Å². The van der Waals surface area contributed by atoms with E-state index in [-0.39, 0.29) is 5.75 Å². The number of fused-ring (bicyclic) bond motifs is 1. The maximum Gasteiger partial charge on any atom is 0.169 e. The number of ether oxygens (including phenoxy) is 2. The third-order valence-electron chi connectivity index (χ3n) is 2.61. The van der Waals surface area contributed by atoms with Crippen LogP contribution in [0.2, 0.25) is 0 Å². The van der Waals surface area contributed by atoms with Gasteiger partial charge in [-0.25, -0.2) is 0 Å². The lowest BCUT2D eigenvalue weighted by Crippen LogP contribution is -1.98. The van der Waals surface area contributed by atoms with Gasteiger partial charge in [0.2, 0.25) is 0 Å². The molecule has 0 saturated carbocycles. The molecular weight excluding hydrogens is 216 g/mol. The van der Waals surface area contributed by atoms with E-state index in [9.17, 15) is 5.11 Å². The average molecular weight is 232 g/mol. The quantitative estimate of drug-likeness (QED) is 0.878. The van der Waals surface area contributed by atoms with Crippen molar-refractivity contribution in [2.24, 2.45) is 0 Å². The molecule has 0 atom stereocenters. The zero-order chi connectivity index (χ0) is 12.3. The fraction of sp³-hybridized carbons (Fsp3) is 0.286. The maximum absolute atomic E-state index is 9.90. The summed E-state index contributed by atoms with van der Waals surface area (Å²) < 4.78 is 11.0. The van der Waals surface area contributed by atoms with Crippen LogP contribution in [-0.2, 0) is 0 Å². The van der Waals surface area contributed by atoms with Gasteiger partial charge in [0.25, 0.3) is 0 Å². The minimum Gasteiger partial charge on any atom is -0.507 e. The molecule has 3 nitrogen and oxygen atoms in total. The predicted octanol–water partition coefficient (Wildman–Crippen LogP) is 3.34. The maximum atomic E-state index is 9.90. The summed E-state index contributed by atoms with van der Waals surface area (Å²) in [4.78, 5) is 0. The summed E-state index contributed by atoms with van der Waals surface area (Å²) in [7, 11) is 1.57. The number of aromatic hydroxyl groups is 1. The van der Waals surface area contributed by atoms with E-state index in [1.165, 1.54) is 0 Å². The summed E-state index contributed by atoms with van der Waals surface area (Å²) in [6.45, 7) is 2.68. The molecule has 90 valence electrons. The molecule has 0 radical (unpaired) electrons.